The number of phenols is 1. The first kappa shape index (κ1) is 19.7. The van der Waals surface area contributed by atoms with Crippen LogP contribution in [0.15, 0.2) is 39.7 Å². The normalized spacial score (nSPS) is 15.7. The predicted molar refractivity (Wildman–Crippen MR) is 105 cm³/mol. The average molecular weight is 473 g/mol. The summed E-state index contributed by atoms with van der Waals surface area (Å²) in [5.74, 6) is -0.991. The van der Waals surface area contributed by atoms with E-state index in [9.17, 15) is 19.1 Å². The van der Waals surface area contributed by atoms with Gasteiger partial charge in [0.1, 0.15) is 5.82 Å². The Hall–Kier alpha value is -2.03. The molecule has 0 saturated carbocycles. The first-order valence-corrected chi connectivity index (χ1v) is 9.55. The van der Waals surface area contributed by atoms with E-state index in [2.05, 4.69) is 15.9 Å². The lowest BCUT2D eigenvalue weighted by Gasteiger charge is -2.14. The number of amides is 2. The molecule has 1 N–H and O–H groups in total. The monoisotopic (exact) mass is 471 g/mol. The van der Waals surface area contributed by atoms with Gasteiger partial charge in [0.2, 0.25) is 0 Å². The van der Waals surface area contributed by atoms with E-state index in [-0.39, 0.29) is 33.5 Å². The van der Waals surface area contributed by atoms with Crippen molar-refractivity contribution in [3.63, 3.8) is 0 Å². The molecule has 0 aliphatic carbocycles. The van der Waals surface area contributed by atoms with Crippen LogP contribution in [0.2, 0.25) is 5.02 Å². The standard InChI is InChI=1S/C18H12BrClFNO4S/c1-26-14-6-9(5-11(19)16(14)23)7-15-17(24)22(18(25)27-15)8-10-12(20)3-2-4-13(10)21/h2-7,23H,8H2,1H3. The minimum Gasteiger partial charge on any atom is -0.503 e. The molecule has 0 bridgehead atoms. The van der Waals surface area contributed by atoms with Gasteiger partial charge in [0.15, 0.2) is 11.5 Å². The quantitative estimate of drug-likeness (QED) is 0.620. The number of benzene rings is 2. The number of ether oxygens (including phenoxy) is 1. The van der Waals surface area contributed by atoms with E-state index in [4.69, 9.17) is 16.3 Å². The van der Waals surface area contributed by atoms with Crippen LogP contribution in [-0.4, -0.2) is 28.3 Å². The van der Waals surface area contributed by atoms with Crippen molar-refractivity contribution < 1.29 is 23.8 Å². The van der Waals surface area contributed by atoms with Gasteiger partial charge in [-0.1, -0.05) is 17.7 Å². The Morgan fingerprint density at radius 3 is 2.78 bits per heavy atom. The van der Waals surface area contributed by atoms with E-state index in [1.54, 1.807) is 6.07 Å². The smallest absolute Gasteiger partial charge is 0.293 e. The van der Waals surface area contributed by atoms with Crippen LogP contribution in [0, 0.1) is 5.82 Å². The van der Waals surface area contributed by atoms with E-state index in [0.717, 1.165) is 16.7 Å². The molecule has 2 amide bonds. The van der Waals surface area contributed by atoms with Gasteiger partial charge in [-0.2, -0.15) is 0 Å². The number of rotatable bonds is 4. The fourth-order valence-electron chi connectivity index (χ4n) is 2.46. The Morgan fingerprint density at radius 2 is 2.11 bits per heavy atom. The maximum atomic E-state index is 14.0. The second kappa shape index (κ2) is 7.92. The summed E-state index contributed by atoms with van der Waals surface area (Å²) in [5.41, 5.74) is 0.628. The first-order valence-electron chi connectivity index (χ1n) is 7.56. The third-order valence-corrected chi connectivity index (χ3v) is 5.69. The summed E-state index contributed by atoms with van der Waals surface area (Å²) in [7, 11) is 1.40. The molecule has 140 valence electrons. The highest BCUT2D eigenvalue weighted by atomic mass is 79.9. The van der Waals surface area contributed by atoms with Crippen LogP contribution >= 0.6 is 39.3 Å². The molecule has 2 aromatic rings. The van der Waals surface area contributed by atoms with Crippen molar-refractivity contribution in [2.24, 2.45) is 0 Å². The highest BCUT2D eigenvalue weighted by Crippen LogP contribution is 2.38. The van der Waals surface area contributed by atoms with E-state index >= 15 is 0 Å². The maximum Gasteiger partial charge on any atom is 0.293 e. The zero-order valence-electron chi connectivity index (χ0n) is 13.8. The Bertz CT molecular complexity index is 962. The number of thioether (sulfide) groups is 1. The Labute approximate surface area is 171 Å². The first-order chi connectivity index (χ1) is 12.8. The van der Waals surface area contributed by atoms with Gasteiger partial charge in [-0.3, -0.25) is 14.5 Å². The molecule has 1 fully saturated rings. The minimum atomic E-state index is -0.585. The van der Waals surface area contributed by atoms with Crippen molar-refractivity contribution in [2.75, 3.05) is 7.11 Å². The molecule has 0 unspecified atom stereocenters. The zero-order chi connectivity index (χ0) is 19.7. The summed E-state index contributed by atoms with van der Waals surface area (Å²) in [4.78, 5) is 26.0. The molecule has 3 rings (SSSR count). The summed E-state index contributed by atoms with van der Waals surface area (Å²) in [6, 6.07) is 7.28. The third-order valence-electron chi connectivity index (χ3n) is 3.82. The lowest BCUT2D eigenvalue weighted by atomic mass is 10.1. The molecule has 0 radical (unpaired) electrons. The number of hydrogen-bond acceptors (Lipinski definition) is 5. The molecule has 1 aliphatic rings. The number of nitrogens with zero attached hydrogens (tertiary/aromatic N) is 1. The summed E-state index contributed by atoms with van der Waals surface area (Å²) in [5, 5.41) is 9.49. The molecule has 1 saturated heterocycles. The molecule has 5 nitrogen and oxygen atoms in total. The SMILES string of the molecule is COc1cc(C=C2SC(=O)N(Cc3c(F)cccc3Cl)C2=O)cc(Br)c1O. The molecule has 0 atom stereocenters. The van der Waals surface area contributed by atoms with E-state index in [1.807, 2.05) is 0 Å². The summed E-state index contributed by atoms with van der Waals surface area (Å²) in [6.07, 6.45) is 1.50. The van der Waals surface area contributed by atoms with Crippen LogP contribution in [0.1, 0.15) is 11.1 Å². The number of phenolic OH excluding ortho intramolecular Hbond substituents is 1. The second-order valence-corrected chi connectivity index (χ2v) is 7.78. The van der Waals surface area contributed by atoms with Crippen molar-refractivity contribution in [3.8, 4) is 11.5 Å². The Kier molecular flexibility index (Phi) is 5.78. The van der Waals surface area contributed by atoms with E-state index in [0.29, 0.717) is 10.0 Å². The van der Waals surface area contributed by atoms with Gasteiger partial charge >= 0.3 is 0 Å². The zero-order valence-corrected chi connectivity index (χ0v) is 17.0. The van der Waals surface area contributed by atoms with Crippen molar-refractivity contribution in [2.45, 2.75) is 6.54 Å². The molecule has 2 aromatic carbocycles. The van der Waals surface area contributed by atoms with Crippen molar-refractivity contribution in [3.05, 3.63) is 61.7 Å². The average Bonchev–Trinajstić information content (AvgIpc) is 2.88. The van der Waals surface area contributed by atoms with Gasteiger partial charge in [-0.15, -0.1) is 0 Å². The molecule has 9 heteroatoms. The molecule has 1 heterocycles. The van der Waals surface area contributed by atoms with Gasteiger partial charge < -0.3 is 9.84 Å². The fourth-order valence-corrected chi connectivity index (χ4v) is 3.98. The van der Waals surface area contributed by atoms with Crippen LogP contribution in [-0.2, 0) is 11.3 Å². The number of carbonyl (C=O) groups is 2. The number of methoxy groups -OCH3 is 1. The number of halogens is 3. The minimum absolute atomic E-state index is 0.0723. The Morgan fingerprint density at radius 1 is 1.37 bits per heavy atom. The summed E-state index contributed by atoms with van der Waals surface area (Å²) >= 11 is 9.93. The predicted octanol–water partition coefficient (Wildman–Crippen LogP) is 5.19. The highest BCUT2D eigenvalue weighted by Gasteiger charge is 2.36. The summed E-state index contributed by atoms with van der Waals surface area (Å²) < 4.78 is 19.4. The Balaban J connectivity index is 1.90. The molecule has 0 spiro atoms. The molecular weight excluding hydrogens is 461 g/mol. The van der Waals surface area contributed by atoms with E-state index in [1.165, 1.54) is 37.5 Å². The number of imide groups is 1. The topological polar surface area (TPSA) is 66.8 Å². The van der Waals surface area contributed by atoms with E-state index < -0.39 is 17.0 Å². The van der Waals surface area contributed by atoms with Crippen LogP contribution in [0.5, 0.6) is 11.5 Å². The van der Waals surface area contributed by atoms with Gasteiger partial charge in [0, 0.05) is 10.6 Å². The lowest BCUT2D eigenvalue weighted by molar-refractivity contribution is -0.123. The molecule has 1 aliphatic heterocycles. The van der Waals surface area contributed by atoms with Gasteiger partial charge in [-0.05, 0) is 63.6 Å². The largest absolute Gasteiger partial charge is 0.503 e. The van der Waals surface area contributed by atoms with Crippen molar-refractivity contribution in [1.82, 2.24) is 4.90 Å². The van der Waals surface area contributed by atoms with Gasteiger partial charge in [-0.25, -0.2) is 4.39 Å². The summed E-state index contributed by atoms with van der Waals surface area (Å²) in [6.45, 7) is -0.254. The maximum absolute atomic E-state index is 14.0. The number of carbonyl (C=O) groups excluding carboxylic acids is 2. The molecule has 27 heavy (non-hydrogen) atoms. The molecule has 0 aromatic heterocycles. The van der Waals surface area contributed by atoms with Crippen LogP contribution in [0.3, 0.4) is 0 Å². The lowest BCUT2D eigenvalue weighted by Crippen LogP contribution is -2.28. The van der Waals surface area contributed by atoms with Crippen molar-refractivity contribution >= 4 is 56.5 Å². The van der Waals surface area contributed by atoms with Crippen molar-refractivity contribution in [1.29, 1.82) is 0 Å². The van der Waals surface area contributed by atoms with Gasteiger partial charge in [0.05, 0.1) is 23.0 Å². The van der Waals surface area contributed by atoms with Crippen LogP contribution in [0.4, 0.5) is 9.18 Å². The molecular formula is C18H12BrClFNO4S. The third kappa shape index (κ3) is 3.97. The number of aromatic hydroxyl groups is 1. The van der Waals surface area contributed by atoms with Gasteiger partial charge in [0.25, 0.3) is 11.1 Å². The highest BCUT2D eigenvalue weighted by molar-refractivity contribution is 9.10. The van der Waals surface area contributed by atoms with Crippen LogP contribution < -0.4 is 4.74 Å². The second-order valence-electron chi connectivity index (χ2n) is 5.52. The number of hydrogen-bond donors (Lipinski definition) is 1. The fraction of sp³-hybridized carbons (Fsp3) is 0.111. The van der Waals surface area contributed by atoms with Crippen LogP contribution in [0.25, 0.3) is 6.08 Å².